The third-order valence-corrected chi connectivity index (χ3v) is 5.32. The Morgan fingerprint density at radius 2 is 1.36 bits per heavy atom. The van der Waals surface area contributed by atoms with Crippen molar-refractivity contribution in [3.63, 3.8) is 0 Å². The van der Waals surface area contributed by atoms with Crippen molar-refractivity contribution in [1.29, 1.82) is 0 Å². The Balaban J connectivity index is 3.34. The maximum atomic E-state index is 11.2. The molecule has 0 aliphatic heterocycles. The van der Waals surface area contributed by atoms with E-state index in [2.05, 4.69) is 24.4 Å². The number of unbranched alkanes of at least 4 members (excludes halogenated alkanes) is 13. The molecule has 0 radical (unpaired) electrons. The molecule has 0 aromatic heterocycles. The van der Waals surface area contributed by atoms with Gasteiger partial charge in [0.1, 0.15) is 6.04 Å². The molecule has 0 saturated heterocycles. The number of hydrogen-bond donors (Lipinski definition) is 3. The lowest BCUT2D eigenvalue weighted by Crippen LogP contribution is -2.37. The zero-order valence-electron chi connectivity index (χ0n) is 18.6. The lowest BCUT2D eigenvalue weighted by Gasteiger charge is -2.14. The van der Waals surface area contributed by atoms with Gasteiger partial charge >= 0.3 is 5.97 Å². The molecule has 0 amide bonds. The molecule has 0 aliphatic carbocycles. The molecule has 166 valence electrons. The van der Waals surface area contributed by atoms with E-state index in [-0.39, 0.29) is 0 Å². The minimum atomic E-state index is -0.735. The fraction of sp³-hybridized carbons (Fsp3) is 0.875. The van der Waals surface area contributed by atoms with Crippen LogP contribution in [0.3, 0.4) is 0 Å². The van der Waals surface area contributed by atoms with Crippen LogP contribution in [0.2, 0.25) is 0 Å². The van der Waals surface area contributed by atoms with E-state index < -0.39 is 12.0 Å². The first-order chi connectivity index (χ1) is 13.7. The lowest BCUT2D eigenvalue weighted by atomic mass is 10.1. The van der Waals surface area contributed by atoms with Gasteiger partial charge in [-0.05, 0) is 58.0 Å². The first kappa shape index (κ1) is 27.1. The summed E-state index contributed by atoms with van der Waals surface area (Å²) in [5.41, 5.74) is 5.46. The second-order valence-electron chi connectivity index (χ2n) is 8.07. The van der Waals surface area contributed by atoms with Crippen LogP contribution in [0.5, 0.6) is 0 Å². The van der Waals surface area contributed by atoms with Gasteiger partial charge in [-0.25, -0.2) is 0 Å². The largest absolute Gasteiger partial charge is 0.480 e. The highest BCUT2D eigenvalue weighted by molar-refractivity contribution is 5.73. The number of rotatable bonds is 22. The maximum Gasteiger partial charge on any atom is 0.320 e. The minimum Gasteiger partial charge on any atom is -0.480 e. The summed E-state index contributed by atoms with van der Waals surface area (Å²) < 4.78 is 0. The van der Waals surface area contributed by atoms with Crippen molar-refractivity contribution in [1.82, 2.24) is 5.32 Å². The van der Waals surface area contributed by atoms with Crippen molar-refractivity contribution in [3.05, 3.63) is 12.2 Å². The van der Waals surface area contributed by atoms with Crippen molar-refractivity contribution in [2.45, 2.75) is 122 Å². The molecule has 0 spiro atoms. The van der Waals surface area contributed by atoms with E-state index in [1.165, 1.54) is 83.5 Å². The summed E-state index contributed by atoms with van der Waals surface area (Å²) in [5.74, 6) is -0.735. The molecule has 28 heavy (non-hydrogen) atoms. The Kier molecular flexibility index (Phi) is 21.7. The molecular weight excluding hydrogens is 348 g/mol. The van der Waals surface area contributed by atoms with Gasteiger partial charge in [0.05, 0.1) is 0 Å². The van der Waals surface area contributed by atoms with Gasteiger partial charge in [-0.2, -0.15) is 0 Å². The first-order valence-electron chi connectivity index (χ1n) is 12.0. The van der Waals surface area contributed by atoms with Gasteiger partial charge in [-0.15, -0.1) is 0 Å². The molecule has 0 rings (SSSR count). The lowest BCUT2D eigenvalue weighted by molar-refractivity contribution is -0.139. The molecule has 4 nitrogen and oxygen atoms in total. The van der Waals surface area contributed by atoms with Crippen LogP contribution >= 0.6 is 0 Å². The van der Waals surface area contributed by atoms with Crippen LogP contribution in [0.1, 0.15) is 116 Å². The monoisotopic (exact) mass is 396 g/mol. The highest BCUT2D eigenvalue weighted by Gasteiger charge is 2.15. The van der Waals surface area contributed by atoms with E-state index in [0.717, 1.165) is 25.8 Å². The predicted octanol–water partition coefficient (Wildman–Crippen LogP) is 6.20. The number of carbonyl (C=O) groups is 1. The van der Waals surface area contributed by atoms with E-state index in [1.54, 1.807) is 0 Å². The Morgan fingerprint density at radius 1 is 0.821 bits per heavy atom. The van der Waals surface area contributed by atoms with Gasteiger partial charge in [0, 0.05) is 0 Å². The standard InChI is InChI=1S/C24H48N2O2/c1-2-3-4-5-6-7-8-9-10-11-12-13-14-15-16-19-22-26-23(24(27)28)20-17-18-21-25/h9-10,23,26H,2-8,11-22,25H2,1H3,(H,27,28)/b10-9-. The van der Waals surface area contributed by atoms with Crippen molar-refractivity contribution in [2.24, 2.45) is 5.73 Å². The Labute approximate surface area is 174 Å². The van der Waals surface area contributed by atoms with E-state index in [0.29, 0.717) is 13.0 Å². The molecule has 4 heteroatoms. The summed E-state index contributed by atoms with van der Waals surface area (Å²) >= 11 is 0. The average molecular weight is 397 g/mol. The second kappa shape index (κ2) is 22.4. The molecule has 0 aromatic carbocycles. The first-order valence-corrected chi connectivity index (χ1v) is 12.0. The zero-order chi connectivity index (χ0) is 20.7. The summed E-state index contributed by atoms with van der Waals surface area (Å²) in [5, 5.41) is 12.4. The van der Waals surface area contributed by atoms with Crippen molar-refractivity contribution < 1.29 is 9.90 Å². The summed E-state index contributed by atoms with van der Waals surface area (Å²) in [6, 6.07) is -0.408. The number of nitrogens with one attached hydrogen (secondary N) is 1. The van der Waals surface area contributed by atoms with E-state index in [4.69, 9.17) is 5.73 Å². The number of nitrogens with two attached hydrogens (primary N) is 1. The molecule has 1 unspecified atom stereocenters. The van der Waals surface area contributed by atoms with Gasteiger partial charge in [0.25, 0.3) is 0 Å². The Bertz CT molecular complexity index is 359. The number of aliphatic carboxylic acids is 1. The highest BCUT2D eigenvalue weighted by Crippen LogP contribution is 2.10. The molecule has 1 atom stereocenters. The summed E-state index contributed by atoms with van der Waals surface area (Å²) in [7, 11) is 0. The molecule has 0 aromatic rings. The minimum absolute atomic E-state index is 0.408. The van der Waals surface area contributed by atoms with Crippen LogP contribution < -0.4 is 11.1 Å². The van der Waals surface area contributed by atoms with E-state index >= 15 is 0 Å². The smallest absolute Gasteiger partial charge is 0.320 e. The molecule has 0 fully saturated rings. The van der Waals surface area contributed by atoms with Crippen LogP contribution in [0.25, 0.3) is 0 Å². The SMILES string of the molecule is CCCCCCCC/C=C\CCCCCCCCNC(CCCCN)C(=O)O. The normalized spacial score (nSPS) is 12.6. The van der Waals surface area contributed by atoms with Crippen LogP contribution in [0.15, 0.2) is 12.2 Å². The van der Waals surface area contributed by atoms with Crippen LogP contribution in [-0.4, -0.2) is 30.2 Å². The van der Waals surface area contributed by atoms with E-state index in [9.17, 15) is 9.90 Å². The Morgan fingerprint density at radius 3 is 1.89 bits per heavy atom. The van der Waals surface area contributed by atoms with Crippen LogP contribution in [0, 0.1) is 0 Å². The Hall–Kier alpha value is -0.870. The molecule has 0 aliphatic rings. The fourth-order valence-corrected chi connectivity index (χ4v) is 3.45. The van der Waals surface area contributed by atoms with Crippen LogP contribution in [0.4, 0.5) is 0 Å². The summed E-state index contributed by atoms with van der Waals surface area (Å²) in [6.45, 7) is 3.71. The molecule has 0 saturated carbocycles. The molecule has 4 N–H and O–H groups in total. The average Bonchev–Trinajstić information content (AvgIpc) is 2.68. The zero-order valence-corrected chi connectivity index (χ0v) is 18.6. The van der Waals surface area contributed by atoms with Crippen molar-refractivity contribution >= 4 is 5.97 Å². The third-order valence-electron chi connectivity index (χ3n) is 5.32. The van der Waals surface area contributed by atoms with E-state index in [1.807, 2.05) is 0 Å². The summed E-state index contributed by atoms with van der Waals surface area (Å²) in [6.07, 6.45) is 25.4. The predicted molar refractivity (Wildman–Crippen MR) is 122 cm³/mol. The second-order valence-corrected chi connectivity index (χ2v) is 8.07. The number of carboxylic acids is 1. The number of hydrogen-bond acceptors (Lipinski definition) is 3. The quantitative estimate of drug-likeness (QED) is 0.150. The van der Waals surface area contributed by atoms with Crippen molar-refractivity contribution in [3.8, 4) is 0 Å². The maximum absolute atomic E-state index is 11.2. The van der Waals surface area contributed by atoms with Crippen LogP contribution in [-0.2, 0) is 4.79 Å². The number of carboxylic acid groups (broad SMARTS) is 1. The van der Waals surface area contributed by atoms with Gasteiger partial charge in [-0.3, -0.25) is 4.79 Å². The molecule has 0 bridgehead atoms. The molecular formula is C24H48N2O2. The van der Waals surface area contributed by atoms with Gasteiger partial charge in [0.15, 0.2) is 0 Å². The van der Waals surface area contributed by atoms with Gasteiger partial charge in [-0.1, -0.05) is 83.3 Å². The molecule has 0 heterocycles. The van der Waals surface area contributed by atoms with Crippen molar-refractivity contribution in [2.75, 3.05) is 13.1 Å². The van der Waals surface area contributed by atoms with Gasteiger partial charge < -0.3 is 16.2 Å². The highest BCUT2D eigenvalue weighted by atomic mass is 16.4. The van der Waals surface area contributed by atoms with Gasteiger partial charge in [0.2, 0.25) is 0 Å². The summed E-state index contributed by atoms with van der Waals surface area (Å²) in [4.78, 5) is 11.2. The number of allylic oxidation sites excluding steroid dienone is 2. The fourth-order valence-electron chi connectivity index (χ4n) is 3.45. The topological polar surface area (TPSA) is 75.3 Å². The third kappa shape index (κ3) is 19.9.